The molecule has 0 aliphatic rings. The van der Waals surface area contributed by atoms with E-state index in [1.807, 2.05) is 18.2 Å². The molecule has 7 heteroatoms. The van der Waals surface area contributed by atoms with Crippen LogP contribution in [-0.4, -0.2) is 55.7 Å². The molecule has 0 saturated carbocycles. The third-order valence-electron chi connectivity index (χ3n) is 4.22. The van der Waals surface area contributed by atoms with Crippen LogP contribution in [0.5, 0.6) is 11.5 Å². The predicted molar refractivity (Wildman–Crippen MR) is 105 cm³/mol. The molecule has 1 amide bonds. The van der Waals surface area contributed by atoms with Gasteiger partial charge in [-0.05, 0) is 43.2 Å². The summed E-state index contributed by atoms with van der Waals surface area (Å²) in [7, 11) is 3.17. The van der Waals surface area contributed by atoms with Crippen LogP contribution in [0.3, 0.4) is 0 Å². The van der Waals surface area contributed by atoms with Crippen LogP contribution < -0.4 is 9.47 Å². The fraction of sp³-hybridized carbons (Fsp3) is 0.381. The van der Waals surface area contributed by atoms with Crippen molar-refractivity contribution in [3.05, 3.63) is 53.9 Å². The molecular weight excluding hydrogens is 360 g/mol. The zero-order valence-corrected chi connectivity index (χ0v) is 16.5. The van der Waals surface area contributed by atoms with Crippen LogP contribution in [0.15, 0.2) is 42.7 Å². The lowest BCUT2D eigenvalue weighted by molar-refractivity contribution is -0.143. The minimum atomic E-state index is -0.318. The Bertz CT molecular complexity index is 780. The van der Waals surface area contributed by atoms with Gasteiger partial charge in [0.1, 0.15) is 0 Å². The largest absolute Gasteiger partial charge is 0.493 e. The lowest BCUT2D eigenvalue weighted by Gasteiger charge is -2.23. The normalized spacial score (nSPS) is 10.2. The highest BCUT2D eigenvalue weighted by molar-refractivity contribution is 5.94. The van der Waals surface area contributed by atoms with E-state index in [-0.39, 0.29) is 24.8 Å². The molecule has 0 aliphatic heterocycles. The van der Waals surface area contributed by atoms with E-state index in [9.17, 15) is 9.59 Å². The fourth-order valence-electron chi connectivity index (χ4n) is 2.75. The highest BCUT2D eigenvalue weighted by Crippen LogP contribution is 2.27. The summed E-state index contributed by atoms with van der Waals surface area (Å²) < 4.78 is 15.6. The average molecular weight is 386 g/mol. The zero-order valence-electron chi connectivity index (χ0n) is 16.5. The number of pyridine rings is 1. The van der Waals surface area contributed by atoms with Crippen LogP contribution in [0, 0.1) is 0 Å². The van der Waals surface area contributed by atoms with Crippen molar-refractivity contribution >= 4 is 11.9 Å². The van der Waals surface area contributed by atoms with E-state index < -0.39 is 0 Å². The second-order valence-electron chi connectivity index (χ2n) is 6.02. The van der Waals surface area contributed by atoms with Gasteiger partial charge in [-0.25, -0.2) is 0 Å². The molecule has 2 aromatic rings. The van der Waals surface area contributed by atoms with Crippen LogP contribution in [0.25, 0.3) is 0 Å². The Morgan fingerprint density at radius 3 is 2.36 bits per heavy atom. The maximum absolute atomic E-state index is 12.9. The molecule has 1 aromatic heterocycles. The fourth-order valence-corrected chi connectivity index (χ4v) is 2.75. The van der Waals surface area contributed by atoms with Gasteiger partial charge in [-0.1, -0.05) is 6.07 Å². The third-order valence-corrected chi connectivity index (χ3v) is 4.22. The second kappa shape index (κ2) is 10.9. The van der Waals surface area contributed by atoms with E-state index >= 15 is 0 Å². The van der Waals surface area contributed by atoms with E-state index in [1.165, 1.54) is 0 Å². The first-order valence-electron chi connectivity index (χ1n) is 9.14. The number of esters is 1. The second-order valence-corrected chi connectivity index (χ2v) is 6.02. The Balaban J connectivity index is 2.10. The van der Waals surface area contributed by atoms with E-state index in [0.29, 0.717) is 36.6 Å². The van der Waals surface area contributed by atoms with Crippen molar-refractivity contribution in [1.29, 1.82) is 0 Å². The van der Waals surface area contributed by atoms with Gasteiger partial charge >= 0.3 is 5.97 Å². The molecule has 7 nitrogen and oxygen atoms in total. The number of carbonyl (C=O) groups is 2. The smallest absolute Gasteiger partial charge is 0.307 e. The average Bonchev–Trinajstić information content (AvgIpc) is 2.74. The third kappa shape index (κ3) is 5.97. The van der Waals surface area contributed by atoms with Gasteiger partial charge in [-0.2, -0.15) is 0 Å². The Hall–Kier alpha value is -3.09. The van der Waals surface area contributed by atoms with E-state index in [0.717, 1.165) is 5.56 Å². The molecule has 0 bridgehead atoms. The van der Waals surface area contributed by atoms with Gasteiger partial charge in [0, 0.05) is 31.0 Å². The maximum Gasteiger partial charge on any atom is 0.307 e. The molecule has 28 heavy (non-hydrogen) atoms. The summed E-state index contributed by atoms with van der Waals surface area (Å²) in [6.07, 6.45) is 3.91. The number of carbonyl (C=O) groups excluding carboxylic acids is 2. The molecule has 0 aliphatic carbocycles. The van der Waals surface area contributed by atoms with Crippen LogP contribution in [-0.2, 0) is 16.0 Å². The number of ether oxygens (including phenoxy) is 3. The molecule has 2 rings (SSSR count). The molecule has 0 atom stereocenters. The van der Waals surface area contributed by atoms with Gasteiger partial charge in [-0.15, -0.1) is 0 Å². The first kappa shape index (κ1) is 21.2. The minimum absolute atomic E-state index is 0.146. The van der Waals surface area contributed by atoms with Crippen molar-refractivity contribution in [2.24, 2.45) is 0 Å². The lowest BCUT2D eigenvalue weighted by atomic mass is 10.1. The number of hydrogen-bond donors (Lipinski definition) is 0. The monoisotopic (exact) mass is 386 g/mol. The molecule has 0 radical (unpaired) electrons. The highest BCUT2D eigenvalue weighted by atomic mass is 16.5. The van der Waals surface area contributed by atoms with E-state index in [4.69, 9.17) is 14.2 Å². The van der Waals surface area contributed by atoms with Crippen molar-refractivity contribution in [2.75, 3.05) is 33.9 Å². The first-order valence-corrected chi connectivity index (χ1v) is 9.14. The Kier molecular flexibility index (Phi) is 8.27. The van der Waals surface area contributed by atoms with Gasteiger partial charge < -0.3 is 19.1 Å². The van der Waals surface area contributed by atoms with Gasteiger partial charge in [-0.3, -0.25) is 14.6 Å². The van der Waals surface area contributed by atoms with Crippen LogP contribution >= 0.6 is 0 Å². The van der Waals surface area contributed by atoms with Crippen molar-refractivity contribution in [1.82, 2.24) is 9.88 Å². The number of hydrogen-bond acceptors (Lipinski definition) is 6. The predicted octanol–water partition coefficient (Wildman–Crippen LogP) is 2.74. The maximum atomic E-state index is 12.9. The molecule has 0 spiro atoms. The number of amides is 1. The van der Waals surface area contributed by atoms with Crippen molar-refractivity contribution in [3.8, 4) is 11.5 Å². The van der Waals surface area contributed by atoms with Crippen molar-refractivity contribution < 1.29 is 23.8 Å². The van der Waals surface area contributed by atoms with Crippen LogP contribution in [0.2, 0.25) is 0 Å². The molecular formula is C21H26N2O5. The molecule has 1 aromatic carbocycles. The van der Waals surface area contributed by atoms with Crippen LogP contribution in [0.4, 0.5) is 0 Å². The summed E-state index contributed by atoms with van der Waals surface area (Å²) >= 11 is 0. The first-order chi connectivity index (χ1) is 13.6. The number of rotatable bonds is 10. The highest BCUT2D eigenvalue weighted by Gasteiger charge is 2.17. The summed E-state index contributed by atoms with van der Waals surface area (Å²) in [6.45, 7) is 2.82. The van der Waals surface area contributed by atoms with Crippen LogP contribution in [0.1, 0.15) is 29.3 Å². The molecule has 150 valence electrons. The van der Waals surface area contributed by atoms with Gasteiger partial charge in [0.25, 0.3) is 5.91 Å². The molecule has 0 N–H and O–H groups in total. The van der Waals surface area contributed by atoms with Crippen molar-refractivity contribution in [2.45, 2.75) is 19.8 Å². The Morgan fingerprint density at radius 1 is 1.00 bits per heavy atom. The summed E-state index contributed by atoms with van der Waals surface area (Å²) in [5.41, 5.74) is 1.53. The van der Waals surface area contributed by atoms with Gasteiger partial charge in [0.2, 0.25) is 0 Å². The molecule has 1 heterocycles. The topological polar surface area (TPSA) is 78.0 Å². The summed E-state index contributed by atoms with van der Waals surface area (Å²) in [5, 5.41) is 0. The summed E-state index contributed by atoms with van der Waals surface area (Å²) in [6, 6.07) is 8.98. The molecule has 0 unspecified atom stereocenters. The van der Waals surface area contributed by atoms with Gasteiger partial charge in [0.05, 0.1) is 27.2 Å². The standard InChI is InChI=1S/C21H26N2O5/c1-4-28-20(24)10-14-23(21(25)17-7-11-22-12-8-17)13-9-16-5-6-18(26-2)19(15-16)27-3/h5-8,11-12,15H,4,9-10,13-14H2,1-3H3. The number of benzene rings is 1. The van der Waals surface area contributed by atoms with E-state index in [1.54, 1.807) is 50.6 Å². The Morgan fingerprint density at radius 2 is 1.71 bits per heavy atom. The number of methoxy groups -OCH3 is 2. The minimum Gasteiger partial charge on any atom is -0.493 e. The van der Waals surface area contributed by atoms with Crippen molar-refractivity contribution in [3.63, 3.8) is 0 Å². The van der Waals surface area contributed by atoms with Gasteiger partial charge in [0.15, 0.2) is 11.5 Å². The molecule has 0 saturated heterocycles. The molecule has 0 fully saturated rings. The van der Waals surface area contributed by atoms with E-state index in [2.05, 4.69) is 4.98 Å². The number of aromatic nitrogens is 1. The summed E-state index contributed by atoms with van der Waals surface area (Å²) in [5.74, 6) is 0.824. The Labute approximate surface area is 165 Å². The SMILES string of the molecule is CCOC(=O)CCN(CCc1ccc(OC)c(OC)c1)C(=O)c1ccncc1. The lowest BCUT2D eigenvalue weighted by Crippen LogP contribution is -2.35. The number of nitrogens with zero attached hydrogens (tertiary/aromatic N) is 2. The quantitative estimate of drug-likeness (QED) is 0.584. The summed E-state index contributed by atoms with van der Waals surface area (Å²) in [4.78, 5) is 30.2. The zero-order chi connectivity index (χ0) is 20.4.